The lowest BCUT2D eigenvalue weighted by molar-refractivity contribution is 0.0161. The van der Waals surface area contributed by atoms with Gasteiger partial charge in [-0.15, -0.1) is 0 Å². The van der Waals surface area contributed by atoms with Gasteiger partial charge in [0, 0.05) is 12.4 Å². The van der Waals surface area contributed by atoms with Crippen LogP contribution in [0.15, 0.2) is 30.6 Å². The van der Waals surface area contributed by atoms with Crippen molar-refractivity contribution >= 4 is 11.9 Å². The molecule has 22 heavy (non-hydrogen) atoms. The summed E-state index contributed by atoms with van der Waals surface area (Å²) in [6.07, 6.45) is 2.73. The standard InChI is InChI=1S/C14H13N3O5/c18-9-2-1-3-10(11(9)14(20)21)22-8-6-17(7-8)13(19)12-15-4-5-16-12/h1-5,8,18H,6-7H2,(H,15,16)(H,20,21). The van der Waals surface area contributed by atoms with E-state index in [1.807, 2.05) is 0 Å². The molecular formula is C14H13N3O5. The predicted molar refractivity (Wildman–Crippen MR) is 74.0 cm³/mol. The Morgan fingerprint density at radius 1 is 1.36 bits per heavy atom. The number of hydrogen-bond donors (Lipinski definition) is 3. The SMILES string of the molecule is O=C(O)c1c(O)cccc1OC1CN(C(=O)c2ncc[nH]2)C1. The number of ether oxygens (including phenoxy) is 1. The molecule has 0 bridgehead atoms. The number of hydrogen-bond acceptors (Lipinski definition) is 5. The van der Waals surface area contributed by atoms with E-state index in [4.69, 9.17) is 9.84 Å². The molecule has 1 aromatic carbocycles. The van der Waals surface area contributed by atoms with Crippen LogP contribution >= 0.6 is 0 Å². The number of benzene rings is 1. The van der Waals surface area contributed by atoms with Crippen LogP contribution in [0.4, 0.5) is 0 Å². The van der Waals surface area contributed by atoms with Gasteiger partial charge in [-0.2, -0.15) is 0 Å². The Bertz CT molecular complexity index is 707. The average molecular weight is 303 g/mol. The van der Waals surface area contributed by atoms with Gasteiger partial charge in [0.05, 0.1) is 13.1 Å². The number of likely N-dealkylation sites (tertiary alicyclic amines) is 1. The number of carboxylic acids is 1. The molecular weight excluding hydrogens is 290 g/mol. The normalized spacial score (nSPS) is 14.5. The number of aromatic nitrogens is 2. The van der Waals surface area contributed by atoms with Crippen LogP contribution in [0.25, 0.3) is 0 Å². The van der Waals surface area contributed by atoms with E-state index in [0.29, 0.717) is 13.1 Å². The zero-order valence-electron chi connectivity index (χ0n) is 11.4. The molecule has 1 aromatic heterocycles. The van der Waals surface area contributed by atoms with E-state index in [1.165, 1.54) is 29.3 Å². The summed E-state index contributed by atoms with van der Waals surface area (Å²) in [5.74, 6) is -1.52. The number of nitrogens with zero attached hydrogens (tertiary/aromatic N) is 2. The Morgan fingerprint density at radius 2 is 2.14 bits per heavy atom. The summed E-state index contributed by atoms with van der Waals surface area (Å²) in [5, 5.41) is 18.7. The second-order valence-electron chi connectivity index (χ2n) is 4.84. The first kappa shape index (κ1) is 13.9. The molecule has 1 amide bonds. The van der Waals surface area contributed by atoms with E-state index < -0.39 is 5.97 Å². The van der Waals surface area contributed by atoms with Gasteiger partial charge in [-0.1, -0.05) is 6.07 Å². The minimum Gasteiger partial charge on any atom is -0.507 e. The van der Waals surface area contributed by atoms with Crippen molar-refractivity contribution in [3.05, 3.63) is 42.0 Å². The average Bonchev–Trinajstić information content (AvgIpc) is 2.95. The predicted octanol–water partition coefficient (Wildman–Crippen LogP) is 0.717. The van der Waals surface area contributed by atoms with Crippen molar-refractivity contribution in [1.82, 2.24) is 14.9 Å². The van der Waals surface area contributed by atoms with Gasteiger partial charge in [0.1, 0.15) is 23.2 Å². The Balaban J connectivity index is 1.64. The molecule has 2 heterocycles. The molecule has 3 N–H and O–H groups in total. The summed E-state index contributed by atoms with van der Waals surface area (Å²) in [7, 11) is 0. The number of amides is 1. The number of phenols is 1. The van der Waals surface area contributed by atoms with E-state index in [0.717, 1.165) is 0 Å². The number of aromatic hydroxyl groups is 1. The number of aromatic amines is 1. The third-order valence-electron chi connectivity index (χ3n) is 3.35. The highest BCUT2D eigenvalue weighted by molar-refractivity contribution is 5.94. The van der Waals surface area contributed by atoms with E-state index in [2.05, 4.69) is 9.97 Å². The Hall–Kier alpha value is -3.03. The minimum absolute atomic E-state index is 0.0857. The number of aromatic carboxylic acids is 1. The molecule has 0 atom stereocenters. The van der Waals surface area contributed by atoms with Crippen molar-refractivity contribution in [3.63, 3.8) is 0 Å². The quantitative estimate of drug-likeness (QED) is 0.766. The first-order valence-corrected chi connectivity index (χ1v) is 6.57. The van der Waals surface area contributed by atoms with E-state index in [-0.39, 0.29) is 34.9 Å². The molecule has 114 valence electrons. The Kier molecular flexibility index (Phi) is 3.42. The summed E-state index contributed by atoms with van der Waals surface area (Å²) in [4.78, 5) is 31.2. The lowest BCUT2D eigenvalue weighted by atomic mass is 10.1. The fourth-order valence-corrected chi connectivity index (χ4v) is 2.22. The van der Waals surface area contributed by atoms with Gasteiger partial charge in [0.2, 0.25) is 0 Å². The monoisotopic (exact) mass is 303 g/mol. The topological polar surface area (TPSA) is 116 Å². The van der Waals surface area contributed by atoms with Crippen LogP contribution in [0.3, 0.4) is 0 Å². The zero-order valence-corrected chi connectivity index (χ0v) is 11.4. The molecule has 8 nitrogen and oxygen atoms in total. The second-order valence-corrected chi connectivity index (χ2v) is 4.84. The maximum absolute atomic E-state index is 12.0. The van der Waals surface area contributed by atoms with Crippen molar-refractivity contribution < 1.29 is 24.5 Å². The largest absolute Gasteiger partial charge is 0.507 e. The minimum atomic E-state index is -1.27. The molecule has 1 aliphatic rings. The fourth-order valence-electron chi connectivity index (χ4n) is 2.22. The number of carbonyl (C=O) groups is 2. The molecule has 0 aliphatic carbocycles. The maximum atomic E-state index is 12.0. The summed E-state index contributed by atoms with van der Waals surface area (Å²) in [5.41, 5.74) is -0.279. The van der Waals surface area contributed by atoms with Crippen molar-refractivity contribution in [2.24, 2.45) is 0 Å². The lowest BCUT2D eigenvalue weighted by Crippen LogP contribution is -2.56. The third kappa shape index (κ3) is 2.46. The smallest absolute Gasteiger partial charge is 0.343 e. The number of carbonyl (C=O) groups excluding carboxylic acids is 1. The zero-order chi connectivity index (χ0) is 15.7. The molecule has 1 aliphatic heterocycles. The summed E-state index contributed by atoms with van der Waals surface area (Å²) < 4.78 is 5.56. The van der Waals surface area contributed by atoms with E-state index in [9.17, 15) is 14.7 Å². The number of imidazole rings is 1. The molecule has 0 radical (unpaired) electrons. The summed E-state index contributed by atoms with van der Waals surface area (Å²) in [6.45, 7) is 0.655. The molecule has 1 fully saturated rings. The molecule has 0 spiro atoms. The fraction of sp³-hybridized carbons (Fsp3) is 0.214. The van der Waals surface area contributed by atoms with Crippen LogP contribution in [-0.2, 0) is 0 Å². The number of nitrogens with one attached hydrogen (secondary N) is 1. The maximum Gasteiger partial charge on any atom is 0.343 e. The van der Waals surface area contributed by atoms with Gasteiger partial charge < -0.3 is 24.8 Å². The van der Waals surface area contributed by atoms with Crippen LogP contribution in [0.2, 0.25) is 0 Å². The molecule has 1 saturated heterocycles. The van der Waals surface area contributed by atoms with E-state index >= 15 is 0 Å². The van der Waals surface area contributed by atoms with Crippen LogP contribution in [0.1, 0.15) is 21.0 Å². The third-order valence-corrected chi connectivity index (χ3v) is 3.35. The summed E-state index contributed by atoms with van der Waals surface area (Å²) >= 11 is 0. The van der Waals surface area contributed by atoms with Crippen LogP contribution < -0.4 is 4.74 Å². The van der Waals surface area contributed by atoms with Gasteiger partial charge in [0.15, 0.2) is 5.82 Å². The van der Waals surface area contributed by atoms with Crippen LogP contribution in [0.5, 0.6) is 11.5 Å². The van der Waals surface area contributed by atoms with Crippen molar-refractivity contribution in [2.75, 3.05) is 13.1 Å². The van der Waals surface area contributed by atoms with Crippen LogP contribution in [-0.4, -0.2) is 56.2 Å². The molecule has 3 rings (SSSR count). The second kappa shape index (κ2) is 5.40. The van der Waals surface area contributed by atoms with E-state index in [1.54, 1.807) is 6.20 Å². The highest BCUT2D eigenvalue weighted by atomic mass is 16.5. The van der Waals surface area contributed by atoms with Gasteiger partial charge in [0.25, 0.3) is 5.91 Å². The van der Waals surface area contributed by atoms with Gasteiger partial charge in [-0.05, 0) is 12.1 Å². The van der Waals surface area contributed by atoms with Crippen LogP contribution in [0, 0.1) is 0 Å². The van der Waals surface area contributed by atoms with Crippen molar-refractivity contribution in [3.8, 4) is 11.5 Å². The first-order chi connectivity index (χ1) is 10.6. The Labute approximate surface area is 125 Å². The lowest BCUT2D eigenvalue weighted by Gasteiger charge is -2.38. The Morgan fingerprint density at radius 3 is 2.77 bits per heavy atom. The van der Waals surface area contributed by atoms with Gasteiger partial charge in [-0.3, -0.25) is 4.79 Å². The number of H-pyrrole nitrogens is 1. The highest BCUT2D eigenvalue weighted by Crippen LogP contribution is 2.29. The number of rotatable bonds is 4. The molecule has 2 aromatic rings. The van der Waals surface area contributed by atoms with Crippen molar-refractivity contribution in [1.29, 1.82) is 0 Å². The van der Waals surface area contributed by atoms with Gasteiger partial charge in [-0.25, -0.2) is 9.78 Å². The van der Waals surface area contributed by atoms with Crippen molar-refractivity contribution in [2.45, 2.75) is 6.10 Å². The highest BCUT2D eigenvalue weighted by Gasteiger charge is 2.34. The van der Waals surface area contributed by atoms with Gasteiger partial charge >= 0.3 is 5.97 Å². The molecule has 0 saturated carbocycles. The summed E-state index contributed by atoms with van der Waals surface area (Å²) in [6, 6.07) is 4.26. The number of carboxylic acid groups (broad SMARTS) is 1. The molecule has 8 heteroatoms. The first-order valence-electron chi connectivity index (χ1n) is 6.57. The molecule has 0 unspecified atom stereocenters.